The minimum atomic E-state index is 0.0305. The summed E-state index contributed by atoms with van der Waals surface area (Å²) in [5.74, 6) is 0. The summed E-state index contributed by atoms with van der Waals surface area (Å²) in [6.07, 6.45) is 11.6. The molecule has 3 nitrogen and oxygen atoms in total. The summed E-state index contributed by atoms with van der Waals surface area (Å²) in [5, 5.41) is 4.35. The van der Waals surface area contributed by atoms with Gasteiger partial charge in [-0.25, -0.2) is 0 Å². The highest BCUT2D eigenvalue weighted by Gasteiger charge is 2.12. The molecule has 0 bridgehead atoms. The van der Waals surface area contributed by atoms with Crippen LogP contribution >= 0.6 is 0 Å². The number of hydrogen-bond acceptors (Lipinski definition) is 2. The van der Waals surface area contributed by atoms with Crippen molar-refractivity contribution in [1.82, 2.24) is 14.8 Å². The number of hydrogen-bond donors (Lipinski definition) is 0. The molecular formula is C14H17N3. The second-order valence-electron chi connectivity index (χ2n) is 5.00. The van der Waals surface area contributed by atoms with E-state index in [1.165, 1.54) is 0 Å². The van der Waals surface area contributed by atoms with Crippen LogP contribution in [0.1, 0.15) is 31.9 Å². The van der Waals surface area contributed by atoms with Gasteiger partial charge in [0.05, 0.1) is 11.7 Å². The maximum Gasteiger partial charge on any atom is 0.0562 e. The summed E-state index contributed by atoms with van der Waals surface area (Å²) < 4.78 is 1.97. The van der Waals surface area contributed by atoms with Crippen molar-refractivity contribution in [2.24, 2.45) is 0 Å². The Labute approximate surface area is 102 Å². The quantitative estimate of drug-likeness (QED) is 0.788. The van der Waals surface area contributed by atoms with E-state index in [4.69, 9.17) is 0 Å². The molecule has 17 heavy (non-hydrogen) atoms. The van der Waals surface area contributed by atoms with Crippen LogP contribution in [0.2, 0.25) is 0 Å². The zero-order valence-corrected chi connectivity index (χ0v) is 10.5. The number of pyridine rings is 1. The van der Waals surface area contributed by atoms with Crippen molar-refractivity contribution in [3.8, 4) is 0 Å². The van der Waals surface area contributed by atoms with Gasteiger partial charge in [-0.15, -0.1) is 0 Å². The van der Waals surface area contributed by atoms with Crippen molar-refractivity contribution in [1.29, 1.82) is 0 Å². The van der Waals surface area contributed by atoms with Crippen LogP contribution in [0.15, 0.2) is 36.9 Å². The van der Waals surface area contributed by atoms with E-state index in [1.54, 1.807) is 12.4 Å². The van der Waals surface area contributed by atoms with Crippen LogP contribution in [0.3, 0.4) is 0 Å². The lowest BCUT2D eigenvalue weighted by Crippen LogP contribution is -2.21. The molecule has 0 saturated carbocycles. The van der Waals surface area contributed by atoms with Gasteiger partial charge in [-0.2, -0.15) is 5.10 Å². The molecule has 2 aromatic rings. The molecule has 0 unspecified atom stereocenters. The first kappa shape index (κ1) is 11.6. The van der Waals surface area contributed by atoms with Gasteiger partial charge in [0.15, 0.2) is 0 Å². The highest BCUT2D eigenvalue weighted by atomic mass is 15.3. The van der Waals surface area contributed by atoms with Gasteiger partial charge in [0.25, 0.3) is 0 Å². The molecule has 0 aliphatic heterocycles. The lowest BCUT2D eigenvalue weighted by Gasteiger charge is -2.18. The number of rotatable bonds is 2. The third-order valence-electron chi connectivity index (χ3n) is 2.46. The van der Waals surface area contributed by atoms with Gasteiger partial charge in [-0.05, 0) is 38.5 Å². The Morgan fingerprint density at radius 2 is 1.71 bits per heavy atom. The van der Waals surface area contributed by atoms with Crippen LogP contribution in [0.4, 0.5) is 0 Å². The van der Waals surface area contributed by atoms with Crippen LogP contribution in [-0.2, 0) is 5.54 Å². The zero-order valence-electron chi connectivity index (χ0n) is 10.5. The third kappa shape index (κ3) is 3.03. The molecule has 0 amide bonds. The largest absolute Gasteiger partial charge is 0.267 e. The molecule has 0 fully saturated rings. The smallest absolute Gasteiger partial charge is 0.0562 e. The molecule has 0 aliphatic carbocycles. The first-order valence-electron chi connectivity index (χ1n) is 5.69. The highest BCUT2D eigenvalue weighted by Crippen LogP contribution is 2.14. The normalized spacial score (nSPS) is 12.2. The molecule has 88 valence electrons. The second kappa shape index (κ2) is 4.53. The van der Waals surface area contributed by atoms with Gasteiger partial charge >= 0.3 is 0 Å². The van der Waals surface area contributed by atoms with Crippen molar-refractivity contribution >= 4 is 12.2 Å². The Bertz CT molecular complexity index is 504. The molecule has 0 aromatic carbocycles. The average Bonchev–Trinajstić information content (AvgIpc) is 2.76. The molecule has 2 heterocycles. The molecular weight excluding hydrogens is 210 g/mol. The van der Waals surface area contributed by atoms with Crippen molar-refractivity contribution < 1.29 is 0 Å². The number of aromatic nitrogens is 3. The summed E-state index contributed by atoms with van der Waals surface area (Å²) in [6, 6.07) is 3.95. The van der Waals surface area contributed by atoms with Crippen molar-refractivity contribution in [3.63, 3.8) is 0 Å². The molecule has 2 rings (SSSR count). The average molecular weight is 227 g/mol. The monoisotopic (exact) mass is 227 g/mol. The topological polar surface area (TPSA) is 30.7 Å². The van der Waals surface area contributed by atoms with Gasteiger partial charge in [0.1, 0.15) is 0 Å². The third-order valence-corrected chi connectivity index (χ3v) is 2.46. The minimum absolute atomic E-state index is 0.0305. The van der Waals surface area contributed by atoms with E-state index in [0.29, 0.717) is 0 Å². The van der Waals surface area contributed by atoms with E-state index in [9.17, 15) is 0 Å². The van der Waals surface area contributed by atoms with Crippen molar-refractivity contribution in [3.05, 3.63) is 48.0 Å². The van der Waals surface area contributed by atoms with Gasteiger partial charge in [0, 0.05) is 24.2 Å². The van der Waals surface area contributed by atoms with Gasteiger partial charge < -0.3 is 0 Å². The van der Waals surface area contributed by atoms with Crippen molar-refractivity contribution in [2.45, 2.75) is 26.3 Å². The SMILES string of the molecule is CC(C)(C)n1cc(/C=C/c2ccncc2)cn1. The van der Waals surface area contributed by atoms with Gasteiger partial charge in [0.2, 0.25) is 0 Å². The first-order chi connectivity index (χ1) is 8.05. The Hall–Kier alpha value is -1.90. The number of nitrogens with zero attached hydrogens (tertiary/aromatic N) is 3. The van der Waals surface area contributed by atoms with Crippen LogP contribution in [0.25, 0.3) is 12.2 Å². The van der Waals surface area contributed by atoms with Crippen LogP contribution in [-0.4, -0.2) is 14.8 Å². The fraction of sp³-hybridized carbons (Fsp3) is 0.286. The van der Waals surface area contributed by atoms with Crippen molar-refractivity contribution in [2.75, 3.05) is 0 Å². The molecule has 0 aliphatic rings. The fourth-order valence-electron chi connectivity index (χ4n) is 1.46. The Kier molecular flexibility index (Phi) is 3.09. The molecule has 0 saturated heterocycles. The highest BCUT2D eigenvalue weighted by molar-refractivity contribution is 5.68. The lowest BCUT2D eigenvalue weighted by atomic mass is 10.1. The van der Waals surface area contributed by atoms with E-state index in [1.807, 2.05) is 23.0 Å². The second-order valence-corrected chi connectivity index (χ2v) is 5.00. The summed E-state index contributed by atoms with van der Waals surface area (Å²) >= 11 is 0. The Balaban J connectivity index is 2.15. The summed E-state index contributed by atoms with van der Waals surface area (Å²) in [6.45, 7) is 6.41. The minimum Gasteiger partial charge on any atom is -0.267 e. The van der Waals surface area contributed by atoms with Gasteiger partial charge in [-0.1, -0.05) is 12.2 Å². The van der Waals surface area contributed by atoms with Crippen LogP contribution in [0.5, 0.6) is 0 Å². The Morgan fingerprint density at radius 1 is 1.06 bits per heavy atom. The molecule has 3 heteroatoms. The van der Waals surface area contributed by atoms with Crippen LogP contribution in [0, 0.1) is 0 Å². The Morgan fingerprint density at radius 3 is 2.29 bits per heavy atom. The summed E-state index contributed by atoms with van der Waals surface area (Å²) in [4.78, 5) is 3.99. The molecule has 0 spiro atoms. The maximum atomic E-state index is 4.35. The summed E-state index contributed by atoms with van der Waals surface area (Å²) in [5.41, 5.74) is 2.28. The maximum absolute atomic E-state index is 4.35. The first-order valence-corrected chi connectivity index (χ1v) is 5.69. The van der Waals surface area contributed by atoms with Gasteiger partial charge in [-0.3, -0.25) is 9.67 Å². The van der Waals surface area contributed by atoms with Crippen LogP contribution < -0.4 is 0 Å². The summed E-state index contributed by atoms with van der Waals surface area (Å²) in [7, 11) is 0. The lowest BCUT2D eigenvalue weighted by molar-refractivity contribution is 0.355. The van der Waals surface area contributed by atoms with E-state index < -0.39 is 0 Å². The molecule has 0 radical (unpaired) electrons. The predicted octanol–water partition coefficient (Wildman–Crippen LogP) is 3.20. The molecule has 0 N–H and O–H groups in total. The zero-order chi connectivity index (χ0) is 12.3. The van der Waals surface area contributed by atoms with E-state index >= 15 is 0 Å². The molecule has 0 atom stereocenters. The van der Waals surface area contributed by atoms with E-state index in [2.05, 4.69) is 49.2 Å². The molecule has 2 aromatic heterocycles. The fourth-order valence-corrected chi connectivity index (χ4v) is 1.46. The van der Waals surface area contributed by atoms with E-state index in [0.717, 1.165) is 11.1 Å². The van der Waals surface area contributed by atoms with E-state index in [-0.39, 0.29) is 5.54 Å². The predicted molar refractivity (Wildman–Crippen MR) is 70.4 cm³/mol. The standard InChI is InChI=1S/C14H17N3/c1-14(2,3)17-11-13(10-16-17)5-4-12-6-8-15-9-7-12/h4-11H,1-3H3/b5-4+.